The first-order valence-electron chi connectivity index (χ1n) is 24.7. The molecule has 0 spiro atoms. The van der Waals surface area contributed by atoms with Gasteiger partial charge in [-0.2, -0.15) is 0 Å². The fourth-order valence-electron chi connectivity index (χ4n) is 11.3. The molecule has 0 fully saturated rings. The zero-order chi connectivity index (χ0) is 47.8. The number of allylic oxidation sites excluding steroid dienone is 4. The monoisotopic (exact) mass is 908 g/mol. The highest BCUT2D eigenvalue weighted by Gasteiger charge is 2.39. The van der Waals surface area contributed by atoms with Gasteiger partial charge >= 0.3 is 0 Å². The summed E-state index contributed by atoms with van der Waals surface area (Å²) >= 11 is 0. The van der Waals surface area contributed by atoms with E-state index in [1.165, 1.54) is 49.7 Å². The van der Waals surface area contributed by atoms with Crippen LogP contribution in [0, 0.1) is 0 Å². The lowest BCUT2D eigenvalue weighted by atomic mass is 9.76. The molecule has 4 nitrogen and oxygen atoms in total. The van der Waals surface area contributed by atoms with Crippen LogP contribution in [0.3, 0.4) is 0 Å². The van der Waals surface area contributed by atoms with Crippen molar-refractivity contribution in [1.82, 2.24) is 0 Å². The van der Waals surface area contributed by atoms with E-state index in [4.69, 9.17) is 8.83 Å². The molecule has 0 saturated heterocycles. The van der Waals surface area contributed by atoms with Gasteiger partial charge in [-0.1, -0.05) is 169 Å². The molecule has 0 unspecified atom stereocenters. The number of anilines is 6. The molecule has 1 aliphatic rings. The molecular formula is C66H56N2O2. The zero-order valence-corrected chi connectivity index (χ0v) is 40.9. The van der Waals surface area contributed by atoms with Crippen molar-refractivity contribution in [2.45, 2.75) is 65.7 Å². The van der Waals surface area contributed by atoms with E-state index in [-0.39, 0.29) is 5.41 Å². The molecule has 11 aromatic rings. The summed E-state index contributed by atoms with van der Waals surface area (Å²) in [5.41, 5.74) is 18.6. The Kier molecular flexibility index (Phi) is 10.4. The van der Waals surface area contributed by atoms with Gasteiger partial charge in [-0.25, -0.2) is 0 Å². The molecule has 1 aliphatic carbocycles. The first-order valence-corrected chi connectivity index (χ1v) is 24.7. The van der Waals surface area contributed by atoms with Crippen LogP contribution in [0.15, 0.2) is 209 Å². The quantitative estimate of drug-likeness (QED) is 0.137. The number of rotatable bonds is 10. The maximum absolute atomic E-state index is 6.68. The summed E-state index contributed by atoms with van der Waals surface area (Å²) in [5.74, 6) is 0.868. The summed E-state index contributed by atoms with van der Waals surface area (Å²) in [4.78, 5) is 4.70. The lowest BCUT2D eigenvalue weighted by Crippen LogP contribution is -2.17. The lowest BCUT2D eigenvalue weighted by molar-refractivity contribution is 0.668. The molecule has 70 heavy (non-hydrogen) atoms. The van der Waals surface area contributed by atoms with Gasteiger partial charge in [-0.05, 0) is 141 Å². The molecule has 4 heteroatoms. The predicted molar refractivity (Wildman–Crippen MR) is 297 cm³/mol. The summed E-state index contributed by atoms with van der Waals surface area (Å²) in [6.45, 7) is 15.9. The summed E-state index contributed by atoms with van der Waals surface area (Å²) in [6, 6.07) is 68.5. The van der Waals surface area contributed by atoms with Gasteiger partial charge in [0, 0.05) is 49.7 Å². The predicted octanol–water partition coefficient (Wildman–Crippen LogP) is 19.6. The highest BCUT2D eigenvalue weighted by Crippen LogP contribution is 2.55. The van der Waals surface area contributed by atoms with E-state index >= 15 is 0 Å². The van der Waals surface area contributed by atoms with E-state index in [1.54, 1.807) is 0 Å². The van der Waals surface area contributed by atoms with Gasteiger partial charge in [0.05, 0.1) is 11.4 Å². The highest BCUT2D eigenvalue weighted by molar-refractivity contribution is 6.13. The third-order valence-corrected chi connectivity index (χ3v) is 14.7. The van der Waals surface area contributed by atoms with E-state index in [2.05, 4.69) is 246 Å². The Balaban J connectivity index is 0.961. The second-order valence-electron chi connectivity index (χ2n) is 20.0. The number of hydrogen-bond acceptors (Lipinski definition) is 4. The van der Waals surface area contributed by atoms with E-state index in [0.717, 1.165) is 78.0 Å². The van der Waals surface area contributed by atoms with Crippen molar-refractivity contribution < 1.29 is 8.83 Å². The Labute approximate surface area is 410 Å². The molecule has 2 heterocycles. The first kappa shape index (κ1) is 43.2. The van der Waals surface area contributed by atoms with Crippen LogP contribution in [0.2, 0.25) is 0 Å². The van der Waals surface area contributed by atoms with Crippen LogP contribution < -0.4 is 9.80 Å². The topological polar surface area (TPSA) is 32.8 Å². The number of nitrogens with zero attached hydrogens (tertiary/aromatic N) is 2. The van der Waals surface area contributed by atoms with Crippen LogP contribution in [0.1, 0.15) is 88.1 Å². The van der Waals surface area contributed by atoms with Gasteiger partial charge in [-0.15, -0.1) is 0 Å². The minimum absolute atomic E-state index is 0.314. The van der Waals surface area contributed by atoms with Crippen molar-refractivity contribution in [2.24, 2.45) is 0 Å². The minimum Gasteiger partial charge on any atom is -0.454 e. The summed E-state index contributed by atoms with van der Waals surface area (Å²) < 4.78 is 13.3. The van der Waals surface area contributed by atoms with Crippen molar-refractivity contribution in [1.29, 1.82) is 0 Å². The van der Waals surface area contributed by atoms with Crippen LogP contribution in [0.4, 0.5) is 34.1 Å². The second kappa shape index (κ2) is 16.9. The van der Waals surface area contributed by atoms with Gasteiger partial charge in [0.1, 0.15) is 11.2 Å². The zero-order valence-electron chi connectivity index (χ0n) is 40.9. The average molecular weight is 909 g/mol. The molecule has 0 aliphatic heterocycles. The smallest absolute Gasteiger partial charge is 0.159 e. The second-order valence-corrected chi connectivity index (χ2v) is 20.0. The van der Waals surface area contributed by atoms with Gasteiger partial charge in [-0.3, -0.25) is 0 Å². The van der Waals surface area contributed by atoms with Crippen molar-refractivity contribution >= 4 is 99.9 Å². The van der Waals surface area contributed by atoms with E-state index < -0.39 is 0 Å². The van der Waals surface area contributed by atoms with Gasteiger partial charge in [0.25, 0.3) is 0 Å². The van der Waals surface area contributed by atoms with Crippen LogP contribution in [0.5, 0.6) is 0 Å². The number of furan rings is 2. The summed E-state index contributed by atoms with van der Waals surface area (Å²) in [6.07, 6.45) is 4.48. The van der Waals surface area contributed by atoms with Crippen molar-refractivity contribution in [3.05, 3.63) is 228 Å². The first-order chi connectivity index (χ1) is 34.1. The largest absolute Gasteiger partial charge is 0.454 e. The van der Waals surface area contributed by atoms with E-state index in [0.29, 0.717) is 11.8 Å². The lowest BCUT2D eigenvalue weighted by Gasteiger charge is -2.29. The SMILES string of the molecule is C/C=C\C1=C(c2ccc(N(c3ccc(C(C)C)cc3)c3cccc4c3oc3ccccc34)cc2)C(C)(C)c2c1ccc1cc(N(c3ccc(C(C)C)cc3)c3cccc4c3oc3ccccc34)ccc21. The number of hydrogen-bond donors (Lipinski definition) is 0. The Morgan fingerprint density at radius 2 is 0.929 bits per heavy atom. The Morgan fingerprint density at radius 1 is 0.457 bits per heavy atom. The number of para-hydroxylation sites is 4. The molecule has 0 amide bonds. The molecule has 0 bridgehead atoms. The standard InChI is InChI=1S/C66H56N2O2/c1-8-15-54-55-38-30-46-40-50(68(49-33-26-44(27-34-49)42(4)5)59-21-14-19-57-53-17-10-12-23-61(53)70-65(57)59)37-39-51(46)63(55)66(6,7)62(54)45-28-35-48(36-29-45)67(47-31-24-43(25-32-47)41(2)3)58-20-13-18-56-52-16-9-11-22-60(52)69-64(56)58/h8-42H,1-7H3/b15-8-. The Bertz CT molecular complexity index is 3860. The van der Waals surface area contributed by atoms with Gasteiger partial charge < -0.3 is 18.6 Å². The van der Waals surface area contributed by atoms with Gasteiger partial charge in [0.15, 0.2) is 11.2 Å². The van der Waals surface area contributed by atoms with Crippen molar-refractivity contribution in [3.8, 4) is 0 Å². The third kappa shape index (κ3) is 6.96. The van der Waals surface area contributed by atoms with E-state index in [1.807, 2.05) is 12.1 Å². The summed E-state index contributed by atoms with van der Waals surface area (Å²) in [7, 11) is 0. The fraction of sp³-hybridized carbons (Fsp3) is 0.152. The van der Waals surface area contributed by atoms with Crippen LogP contribution >= 0.6 is 0 Å². The maximum Gasteiger partial charge on any atom is 0.159 e. The van der Waals surface area contributed by atoms with Crippen LogP contribution in [-0.4, -0.2) is 0 Å². The molecule has 12 rings (SSSR count). The minimum atomic E-state index is -0.314. The van der Waals surface area contributed by atoms with E-state index in [9.17, 15) is 0 Å². The Morgan fingerprint density at radius 3 is 1.44 bits per heavy atom. The molecule has 2 aromatic heterocycles. The molecular weight excluding hydrogens is 853 g/mol. The Hall–Kier alpha value is -8.08. The van der Waals surface area contributed by atoms with Crippen molar-refractivity contribution in [3.63, 3.8) is 0 Å². The normalized spacial score (nSPS) is 13.6. The van der Waals surface area contributed by atoms with Gasteiger partial charge in [0.2, 0.25) is 0 Å². The molecule has 0 N–H and O–H groups in total. The number of benzene rings is 9. The highest BCUT2D eigenvalue weighted by atomic mass is 16.3. The fourth-order valence-corrected chi connectivity index (χ4v) is 11.3. The van der Waals surface area contributed by atoms with Crippen LogP contribution in [-0.2, 0) is 5.41 Å². The molecule has 0 radical (unpaired) electrons. The molecule has 0 atom stereocenters. The molecule has 342 valence electrons. The maximum atomic E-state index is 6.68. The third-order valence-electron chi connectivity index (χ3n) is 14.7. The average Bonchev–Trinajstić information content (AvgIpc) is 4.03. The molecule has 9 aromatic carbocycles. The summed E-state index contributed by atoms with van der Waals surface area (Å²) in [5, 5.41) is 6.91. The van der Waals surface area contributed by atoms with Crippen molar-refractivity contribution in [2.75, 3.05) is 9.80 Å². The van der Waals surface area contributed by atoms with Crippen LogP contribution in [0.25, 0.3) is 65.8 Å². The molecule has 0 saturated carbocycles. The number of fused-ring (bicyclic) bond motifs is 9.